The van der Waals surface area contributed by atoms with Crippen LogP contribution in [0.2, 0.25) is 0 Å². The lowest BCUT2D eigenvalue weighted by Crippen LogP contribution is -2.58. The Bertz CT molecular complexity index is 231. The molecule has 2 heterocycles. The van der Waals surface area contributed by atoms with E-state index in [2.05, 4.69) is 10.6 Å². The molecule has 2 rings (SSSR count). The summed E-state index contributed by atoms with van der Waals surface area (Å²) >= 11 is 0. The third-order valence-corrected chi connectivity index (χ3v) is 3.73. The molecule has 2 saturated heterocycles. The summed E-state index contributed by atoms with van der Waals surface area (Å²) in [6.07, 6.45) is 4.28. The topological polar surface area (TPSA) is 50.4 Å². The zero-order chi connectivity index (χ0) is 10.7. The van der Waals surface area contributed by atoms with Crippen molar-refractivity contribution in [3.8, 4) is 0 Å². The Morgan fingerprint density at radius 1 is 1.40 bits per heavy atom. The number of hydrogen-bond acceptors (Lipinski definition) is 4. The zero-order valence-corrected chi connectivity index (χ0v) is 9.34. The van der Waals surface area contributed by atoms with Crippen LogP contribution in [0, 0.1) is 5.92 Å². The van der Waals surface area contributed by atoms with Gasteiger partial charge in [-0.3, -0.25) is 4.79 Å². The molecule has 4 heteroatoms. The number of piperidine rings is 1. The van der Waals surface area contributed by atoms with Crippen LogP contribution in [0.5, 0.6) is 0 Å². The quantitative estimate of drug-likeness (QED) is 0.646. The Kier molecular flexibility index (Phi) is 3.26. The smallest absolute Gasteiger partial charge is 0.326 e. The van der Waals surface area contributed by atoms with Gasteiger partial charge in [0.1, 0.15) is 5.54 Å². The first kappa shape index (κ1) is 10.9. The Hall–Kier alpha value is -0.610. The molecule has 2 aliphatic heterocycles. The number of rotatable bonds is 2. The molecular weight excluding hydrogens is 192 g/mol. The molecule has 0 aliphatic carbocycles. The van der Waals surface area contributed by atoms with E-state index in [0.29, 0.717) is 5.92 Å². The highest BCUT2D eigenvalue weighted by Gasteiger charge is 2.48. The minimum absolute atomic E-state index is 0.0753. The molecule has 86 valence electrons. The van der Waals surface area contributed by atoms with E-state index < -0.39 is 5.54 Å². The van der Waals surface area contributed by atoms with Gasteiger partial charge in [-0.1, -0.05) is 0 Å². The van der Waals surface area contributed by atoms with Crippen LogP contribution >= 0.6 is 0 Å². The first-order valence-corrected chi connectivity index (χ1v) is 5.84. The first-order chi connectivity index (χ1) is 7.29. The minimum atomic E-state index is -0.401. The Labute approximate surface area is 90.8 Å². The SMILES string of the molecule is COC(=O)C1(C2CCCNC2)CCCN1. The number of methoxy groups -OCH3 is 1. The highest BCUT2D eigenvalue weighted by atomic mass is 16.5. The average Bonchev–Trinajstić information content (AvgIpc) is 2.79. The lowest BCUT2D eigenvalue weighted by molar-refractivity contribution is -0.150. The highest BCUT2D eigenvalue weighted by molar-refractivity contribution is 5.81. The third kappa shape index (κ3) is 1.88. The molecule has 0 aromatic rings. The van der Waals surface area contributed by atoms with Crippen LogP contribution in [-0.2, 0) is 9.53 Å². The number of hydrogen-bond donors (Lipinski definition) is 2. The first-order valence-electron chi connectivity index (χ1n) is 5.84. The van der Waals surface area contributed by atoms with Gasteiger partial charge in [-0.15, -0.1) is 0 Å². The molecule has 2 atom stereocenters. The second-order valence-corrected chi connectivity index (χ2v) is 4.54. The Morgan fingerprint density at radius 2 is 2.27 bits per heavy atom. The van der Waals surface area contributed by atoms with Crippen LogP contribution in [0.4, 0.5) is 0 Å². The number of nitrogens with one attached hydrogen (secondary N) is 2. The van der Waals surface area contributed by atoms with Gasteiger partial charge in [0.25, 0.3) is 0 Å². The summed E-state index contributed by atoms with van der Waals surface area (Å²) in [6, 6.07) is 0. The van der Waals surface area contributed by atoms with Gasteiger partial charge in [0, 0.05) is 12.5 Å². The fourth-order valence-corrected chi connectivity index (χ4v) is 2.91. The Morgan fingerprint density at radius 3 is 2.80 bits per heavy atom. The van der Waals surface area contributed by atoms with E-state index >= 15 is 0 Å². The fourth-order valence-electron chi connectivity index (χ4n) is 2.91. The van der Waals surface area contributed by atoms with Crippen LogP contribution in [0.3, 0.4) is 0 Å². The summed E-state index contributed by atoms with van der Waals surface area (Å²) < 4.78 is 4.96. The average molecular weight is 212 g/mol. The van der Waals surface area contributed by atoms with Crippen molar-refractivity contribution >= 4 is 5.97 Å². The molecule has 4 nitrogen and oxygen atoms in total. The molecule has 0 aromatic heterocycles. The number of carbonyl (C=O) groups excluding carboxylic acids is 1. The van der Waals surface area contributed by atoms with Gasteiger partial charge in [-0.05, 0) is 38.8 Å². The Balaban J connectivity index is 2.13. The summed E-state index contributed by atoms with van der Waals surface area (Å²) in [5.74, 6) is 0.315. The summed E-state index contributed by atoms with van der Waals surface area (Å²) in [7, 11) is 1.49. The van der Waals surface area contributed by atoms with Crippen LogP contribution in [0.25, 0.3) is 0 Å². The maximum absolute atomic E-state index is 11.9. The van der Waals surface area contributed by atoms with Crippen molar-refractivity contribution in [2.24, 2.45) is 5.92 Å². The van der Waals surface area contributed by atoms with E-state index in [9.17, 15) is 4.79 Å². The van der Waals surface area contributed by atoms with E-state index in [4.69, 9.17) is 4.74 Å². The molecule has 0 aromatic carbocycles. The van der Waals surface area contributed by atoms with Gasteiger partial charge >= 0.3 is 5.97 Å². The van der Waals surface area contributed by atoms with Gasteiger partial charge < -0.3 is 15.4 Å². The molecule has 0 radical (unpaired) electrons. The largest absolute Gasteiger partial charge is 0.468 e. The molecule has 0 bridgehead atoms. The highest BCUT2D eigenvalue weighted by Crippen LogP contribution is 2.33. The van der Waals surface area contributed by atoms with E-state index in [1.165, 1.54) is 7.11 Å². The van der Waals surface area contributed by atoms with Crippen molar-refractivity contribution in [2.75, 3.05) is 26.7 Å². The molecule has 0 saturated carbocycles. The van der Waals surface area contributed by atoms with E-state index in [-0.39, 0.29) is 5.97 Å². The van der Waals surface area contributed by atoms with Gasteiger partial charge in [0.15, 0.2) is 0 Å². The molecular formula is C11H20N2O2. The lowest BCUT2D eigenvalue weighted by atomic mass is 9.78. The van der Waals surface area contributed by atoms with Gasteiger partial charge in [-0.2, -0.15) is 0 Å². The van der Waals surface area contributed by atoms with Crippen molar-refractivity contribution in [3.63, 3.8) is 0 Å². The molecule has 2 aliphatic rings. The van der Waals surface area contributed by atoms with Crippen molar-refractivity contribution in [2.45, 2.75) is 31.2 Å². The zero-order valence-electron chi connectivity index (χ0n) is 9.34. The third-order valence-electron chi connectivity index (χ3n) is 3.73. The summed E-state index contributed by atoms with van der Waals surface area (Å²) in [4.78, 5) is 11.9. The monoisotopic (exact) mass is 212 g/mol. The van der Waals surface area contributed by atoms with Crippen LogP contribution < -0.4 is 10.6 Å². The van der Waals surface area contributed by atoms with Crippen LogP contribution in [0.1, 0.15) is 25.7 Å². The second-order valence-electron chi connectivity index (χ2n) is 4.54. The molecule has 2 fully saturated rings. The van der Waals surface area contributed by atoms with E-state index in [1.54, 1.807) is 0 Å². The maximum atomic E-state index is 11.9. The number of esters is 1. The molecule has 0 amide bonds. The number of ether oxygens (including phenoxy) is 1. The molecule has 0 spiro atoms. The van der Waals surface area contributed by atoms with E-state index in [1.807, 2.05) is 0 Å². The normalized spacial score (nSPS) is 36.5. The molecule has 2 unspecified atom stereocenters. The lowest BCUT2D eigenvalue weighted by Gasteiger charge is -2.37. The van der Waals surface area contributed by atoms with Crippen molar-refractivity contribution < 1.29 is 9.53 Å². The van der Waals surface area contributed by atoms with Gasteiger partial charge in [0.2, 0.25) is 0 Å². The standard InChI is InChI=1S/C11H20N2O2/c1-15-10(14)11(5-3-7-13-11)9-4-2-6-12-8-9/h9,12-13H,2-8H2,1H3. The van der Waals surface area contributed by atoms with Gasteiger partial charge in [0.05, 0.1) is 7.11 Å². The maximum Gasteiger partial charge on any atom is 0.326 e. The van der Waals surface area contributed by atoms with Gasteiger partial charge in [-0.25, -0.2) is 0 Å². The fraction of sp³-hybridized carbons (Fsp3) is 0.909. The predicted molar refractivity (Wildman–Crippen MR) is 57.6 cm³/mol. The van der Waals surface area contributed by atoms with Crippen LogP contribution in [-0.4, -0.2) is 38.3 Å². The second kappa shape index (κ2) is 4.49. The number of carbonyl (C=O) groups is 1. The minimum Gasteiger partial charge on any atom is -0.468 e. The van der Waals surface area contributed by atoms with Crippen LogP contribution in [0.15, 0.2) is 0 Å². The van der Waals surface area contributed by atoms with Crippen molar-refractivity contribution in [1.29, 1.82) is 0 Å². The molecule has 15 heavy (non-hydrogen) atoms. The predicted octanol–water partition coefficient (Wildman–Crippen LogP) is 0.281. The summed E-state index contributed by atoms with van der Waals surface area (Å²) in [5, 5.41) is 6.74. The van der Waals surface area contributed by atoms with Crippen molar-refractivity contribution in [1.82, 2.24) is 10.6 Å². The summed E-state index contributed by atoms with van der Waals surface area (Å²) in [5.41, 5.74) is -0.401. The summed E-state index contributed by atoms with van der Waals surface area (Å²) in [6.45, 7) is 2.95. The molecule has 2 N–H and O–H groups in total. The van der Waals surface area contributed by atoms with E-state index in [0.717, 1.165) is 45.3 Å². The van der Waals surface area contributed by atoms with Crippen molar-refractivity contribution in [3.05, 3.63) is 0 Å².